The Labute approximate surface area is 149 Å². The van der Waals surface area contributed by atoms with E-state index in [4.69, 9.17) is 25.8 Å². The Balaban J connectivity index is 1.67. The van der Waals surface area contributed by atoms with Gasteiger partial charge >= 0.3 is 0 Å². The quantitative estimate of drug-likeness (QED) is 0.782. The summed E-state index contributed by atoms with van der Waals surface area (Å²) in [6, 6.07) is 1.86. The largest absolute Gasteiger partial charge is 0.390 e. The van der Waals surface area contributed by atoms with Crippen molar-refractivity contribution in [3.63, 3.8) is 0 Å². The van der Waals surface area contributed by atoms with Gasteiger partial charge in [0.25, 0.3) is 0 Å². The fourth-order valence-corrected chi connectivity index (χ4v) is 4.97. The van der Waals surface area contributed by atoms with E-state index in [9.17, 15) is 5.11 Å². The Morgan fingerprint density at radius 3 is 2.88 bits per heavy atom. The normalized spacial score (nSPS) is 42.0. The van der Waals surface area contributed by atoms with E-state index >= 15 is 0 Å². The molecular weight excluding hydrogens is 346 g/mol. The first-order valence-corrected chi connectivity index (χ1v) is 8.86. The van der Waals surface area contributed by atoms with E-state index in [1.165, 1.54) is 6.33 Å². The summed E-state index contributed by atoms with van der Waals surface area (Å²) in [5, 5.41) is 11.8. The third-order valence-electron chi connectivity index (χ3n) is 5.92. The molecule has 8 heteroatoms. The first kappa shape index (κ1) is 16.0. The van der Waals surface area contributed by atoms with Gasteiger partial charge in [0.2, 0.25) is 0 Å². The molecule has 2 aliphatic heterocycles. The molecule has 25 heavy (non-hydrogen) atoms. The van der Waals surface area contributed by atoms with E-state index < -0.39 is 29.3 Å². The fraction of sp³-hybridized carbons (Fsp3) is 0.647. The second-order valence-electron chi connectivity index (χ2n) is 7.72. The monoisotopic (exact) mass is 365 g/mol. The van der Waals surface area contributed by atoms with Crippen LogP contribution in [0.15, 0.2) is 18.6 Å². The third-order valence-corrected chi connectivity index (χ3v) is 6.22. The average Bonchev–Trinajstić information content (AvgIpc) is 3.20. The smallest absolute Gasteiger partial charge is 0.165 e. The summed E-state index contributed by atoms with van der Waals surface area (Å²) in [6.45, 7) is 5.71. The summed E-state index contributed by atoms with van der Waals surface area (Å²) in [7, 11) is 0. The van der Waals surface area contributed by atoms with Crippen LogP contribution < -0.4 is 0 Å². The number of rotatable bonds is 1. The highest BCUT2D eigenvalue weighted by molar-refractivity contribution is 6.33. The molecule has 0 unspecified atom stereocenters. The number of ether oxygens (including phenoxy) is 3. The van der Waals surface area contributed by atoms with Crippen LogP contribution in [0.25, 0.3) is 11.0 Å². The van der Waals surface area contributed by atoms with Gasteiger partial charge in [0.15, 0.2) is 12.0 Å². The summed E-state index contributed by atoms with van der Waals surface area (Å²) in [4.78, 5) is 8.38. The maximum absolute atomic E-state index is 10.6. The van der Waals surface area contributed by atoms with Gasteiger partial charge in [-0.25, -0.2) is 9.97 Å². The first-order chi connectivity index (χ1) is 11.8. The van der Waals surface area contributed by atoms with Gasteiger partial charge in [0.05, 0.1) is 11.5 Å². The molecule has 2 saturated heterocycles. The Hall–Kier alpha value is -1.25. The zero-order chi connectivity index (χ0) is 17.6. The summed E-state index contributed by atoms with van der Waals surface area (Å²) in [5.74, 6) is -0.742. The van der Waals surface area contributed by atoms with Crippen LogP contribution in [-0.2, 0) is 14.2 Å². The number of fused-ring (bicyclic) bond motifs is 1. The molecule has 4 heterocycles. The van der Waals surface area contributed by atoms with Crippen LogP contribution in [0.4, 0.5) is 0 Å². The molecule has 0 bridgehead atoms. The second-order valence-corrected chi connectivity index (χ2v) is 8.08. The minimum Gasteiger partial charge on any atom is -0.390 e. The molecule has 3 aliphatic rings. The molecule has 5 rings (SSSR count). The first-order valence-electron chi connectivity index (χ1n) is 8.48. The van der Waals surface area contributed by atoms with Gasteiger partial charge in [-0.05, 0) is 39.7 Å². The number of hydrogen-bond acceptors (Lipinski definition) is 6. The topological polar surface area (TPSA) is 78.6 Å². The molecule has 7 nitrogen and oxygen atoms in total. The van der Waals surface area contributed by atoms with E-state index in [-0.39, 0.29) is 6.10 Å². The summed E-state index contributed by atoms with van der Waals surface area (Å²) in [6.07, 6.45) is 3.18. The van der Waals surface area contributed by atoms with Crippen LogP contribution in [0, 0.1) is 0 Å². The molecule has 0 amide bonds. The van der Waals surface area contributed by atoms with Gasteiger partial charge in [-0.2, -0.15) is 0 Å². The summed E-state index contributed by atoms with van der Waals surface area (Å²) < 4.78 is 20.9. The minimum atomic E-state index is -0.844. The minimum absolute atomic E-state index is 0.353. The SMILES string of the molecule is CC1(C)O[C@H]2[C@H](n3ccc4c(Cl)ncnc43)O[C@]3(C)[C@@H](O)CC[C@]23O1. The molecule has 1 spiro atoms. The number of aromatic nitrogens is 3. The molecule has 0 aromatic carbocycles. The summed E-state index contributed by atoms with van der Waals surface area (Å²) in [5.41, 5.74) is -0.858. The number of aliphatic hydroxyl groups excluding tert-OH is 1. The van der Waals surface area contributed by atoms with Gasteiger partial charge < -0.3 is 23.9 Å². The Morgan fingerprint density at radius 1 is 1.28 bits per heavy atom. The average molecular weight is 366 g/mol. The number of hydrogen-bond donors (Lipinski definition) is 1. The van der Waals surface area contributed by atoms with Crippen molar-refractivity contribution in [3.8, 4) is 0 Å². The van der Waals surface area contributed by atoms with Crippen molar-refractivity contribution in [1.29, 1.82) is 0 Å². The van der Waals surface area contributed by atoms with Gasteiger partial charge in [-0.15, -0.1) is 0 Å². The second kappa shape index (κ2) is 4.72. The highest BCUT2D eigenvalue weighted by Crippen LogP contribution is 2.62. The van der Waals surface area contributed by atoms with Crippen molar-refractivity contribution in [2.75, 3.05) is 0 Å². The highest BCUT2D eigenvalue weighted by Gasteiger charge is 2.76. The molecule has 5 atom stereocenters. The van der Waals surface area contributed by atoms with E-state index in [0.29, 0.717) is 23.6 Å². The molecule has 1 saturated carbocycles. The van der Waals surface area contributed by atoms with Crippen molar-refractivity contribution >= 4 is 22.6 Å². The van der Waals surface area contributed by atoms with Crippen LogP contribution in [0.5, 0.6) is 0 Å². The standard InChI is InChI=1S/C17H20ClN3O4/c1-15(2)23-11-14(21-7-5-9-12(18)19-8-20-13(9)21)24-16(3)10(22)4-6-17(11,16)25-15/h5,7-8,10-11,14,22H,4,6H2,1-3H3/t10-,11-,14+,16+,17-/m0/s1. The van der Waals surface area contributed by atoms with Crippen LogP contribution in [-0.4, -0.2) is 48.8 Å². The lowest BCUT2D eigenvalue weighted by atomic mass is 9.84. The maximum atomic E-state index is 10.6. The van der Waals surface area contributed by atoms with Gasteiger partial charge in [-0.1, -0.05) is 11.6 Å². The Bertz CT molecular complexity index is 871. The van der Waals surface area contributed by atoms with Crippen molar-refractivity contribution in [3.05, 3.63) is 23.7 Å². The predicted octanol–water partition coefficient (Wildman–Crippen LogP) is 2.42. The predicted molar refractivity (Wildman–Crippen MR) is 89.1 cm³/mol. The van der Waals surface area contributed by atoms with Crippen molar-refractivity contribution in [2.24, 2.45) is 0 Å². The molecule has 1 aliphatic carbocycles. The van der Waals surface area contributed by atoms with E-state index in [0.717, 1.165) is 5.39 Å². The molecule has 2 aromatic rings. The van der Waals surface area contributed by atoms with E-state index in [1.54, 1.807) is 0 Å². The van der Waals surface area contributed by atoms with Crippen molar-refractivity contribution in [2.45, 2.75) is 69.0 Å². The van der Waals surface area contributed by atoms with Crippen molar-refractivity contribution in [1.82, 2.24) is 14.5 Å². The number of halogens is 1. The molecule has 3 fully saturated rings. The third kappa shape index (κ3) is 1.85. The van der Waals surface area contributed by atoms with Crippen LogP contribution >= 0.6 is 11.6 Å². The van der Waals surface area contributed by atoms with Gasteiger partial charge in [-0.3, -0.25) is 0 Å². The molecule has 0 radical (unpaired) electrons. The fourth-order valence-electron chi connectivity index (χ4n) is 4.78. The maximum Gasteiger partial charge on any atom is 0.165 e. The Kier molecular flexibility index (Phi) is 3.01. The number of aliphatic hydroxyl groups is 1. The zero-order valence-electron chi connectivity index (χ0n) is 14.3. The summed E-state index contributed by atoms with van der Waals surface area (Å²) >= 11 is 6.18. The number of nitrogens with zero attached hydrogens (tertiary/aromatic N) is 3. The molecular formula is C17H20ClN3O4. The van der Waals surface area contributed by atoms with Crippen LogP contribution in [0.1, 0.15) is 39.8 Å². The lowest BCUT2D eigenvalue weighted by Gasteiger charge is -2.36. The van der Waals surface area contributed by atoms with Gasteiger partial charge in [0, 0.05) is 6.20 Å². The van der Waals surface area contributed by atoms with E-state index in [2.05, 4.69) is 9.97 Å². The molecule has 2 aromatic heterocycles. The van der Waals surface area contributed by atoms with Crippen LogP contribution in [0.2, 0.25) is 5.15 Å². The van der Waals surface area contributed by atoms with Crippen molar-refractivity contribution < 1.29 is 19.3 Å². The molecule has 1 N–H and O–H groups in total. The Morgan fingerprint density at radius 2 is 2.08 bits per heavy atom. The lowest BCUT2D eigenvalue weighted by Crippen LogP contribution is -2.54. The van der Waals surface area contributed by atoms with Gasteiger partial charge in [0.1, 0.15) is 34.4 Å². The lowest BCUT2D eigenvalue weighted by molar-refractivity contribution is -0.243. The molecule has 134 valence electrons. The highest BCUT2D eigenvalue weighted by atomic mass is 35.5. The zero-order valence-corrected chi connectivity index (χ0v) is 15.0. The van der Waals surface area contributed by atoms with Crippen LogP contribution in [0.3, 0.4) is 0 Å². The van der Waals surface area contributed by atoms with E-state index in [1.807, 2.05) is 37.6 Å².